The van der Waals surface area contributed by atoms with Crippen molar-refractivity contribution in [1.82, 2.24) is 4.90 Å². The van der Waals surface area contributed by atoms with Gasteiger partial charge in [0, 0.05) is 36.6 Å². The number of hydrogen-bond acceptors (Lipinski definition) is 2. The standard InChI is InChI=1S/C26H27N3O2/c1-2-16-28(19-20-9-4-3-5-10-20)26(31)27-23-13-8-12-22(18-23)25(30)29-17-15-21-11-6-7-14-24(21)29/h3-14,18H,2,15-17,19H2,1H3,(H,27,31). The zero-order chi connectivity index (χ0) is 21.6. The number of amides is 3. The fourth-order valence-corrected chi connectivity index (χ4v) is 3.96. The fraction of sp³-hybridized carbons (Fsp3) is 0.231. The Balaban J connectivity index is 1.47. The molecule has 0 aromatic heterocycles. The van der Waals surface area contributed by atoms with Crippen molar-refractivity contribution in [2.24, 2.45) is 0 Å². The first-order valence-electron chi connectivity index (χ1n) is 10.8. The first-order valence-corrected chi connectivity index (χ1v) is 10.8. The molecule has 0 spiro atoms. The number of carbonyl (C=O) groups excluding carboxylic acids is 2. The van der Waals surface area contributed by atoms with Crippen molar-refractivity contribution in [3.8, 4) is 0 Å². The summed E-state index contributed by atoms with van der Waals surface area (Å²) in [5, 5.41) is 2.97. The molecule has 0 aliphatic carbocycles. The summed E-state index contributed by atoms with van der Waals surface area (Å²) in [4.78, 5) is 29.7. The van der Waals surface area contributed by atoms with Crippen LogP contribution >= 0.6 is 0 Å². The number of para-hydroxylation sites is 1. The highest BCUT2D eigenvalue weighted by Crippen LogP contribution is 2.29. The largest absolute Gasteiger partial charge is 0.322 e. The molecule has 1 N–H and O–H groups in total. The van der Waals surface area contributed by atoms with Crippen molar-refractivity contribution in [3.63, 3.8) is 0 Å². The summed E-state index contributed by atoms with van der Waals surface area (Å²) in [7, 11) is 0. The number of hydrogen-bond donors (Lipinski definition) is 1. The van der Waals surface area contributed by atoms with Crippen LogP contribution in [0.3, 0.4) is 0 Å². The van der Waals surface area contributed by atoms with Crippen LogP contribution < -0.4 is 10.2 Å². The van der Waals surface area contributed by atoms with E-state index < -0.39 is 0 Å². The summed E-state index contributed by atoms with van der Waals surface area (Å²) in [6, 6.07) is 25.0. The molecular weight excluding hydrogens is 386 g/mol. The lowest BCUT2D eigenvalue weighted by molar-refractivity contribution is 0.0989. The quantitative estimate of drug-likeness (QED) is 0.594. The van der Waals surface area contributed by atoms with Gasteiger partial charge in [0.05, 0.1) is 0 Å². The van der Waals surface area contributed by atoms with Crippen molar-refractivity contribution in [2.45, 2.75) is 26.3 Å². The molecule has 1 aliphatic heterocycles. The number of anilines is 2. The summed E-state index contributed by atoms with van der Waals surface area (Å²) in [5.74, 6) is -0.0456. The zero-order valence-corrected chi connectivity index (χ0v) is 17.8. The van der Waals surface area contributed by atoms with E-state index in [9.17, 15) is 9.59 Å². The lowest BCUT2D eigenvalue weighted by Crippen LogP contribution is -2.35. The summed E-state index contributed by atoms with van der Waals surface area (Å²) < 4.78 is 0. The van der Waals surface area contributed by atoms with Crippen LogP contribution in [0.15, 0.2) is 78.9 Å². The maximum Gasteiger partial charge on any atom is 0.322 e. The third kappa shape index (κ3) is 4.77. The highest BCUT2D eigenvalue weighted by Gasteiger charge is 2.25. The van der Waals surface area contributed by atoms with Crippen LogP contribution in [0.4, 0.5) is 16.2 Å². The van der Waals surface area contributed by atoms with Gasteiger partial charge in [-0.1, -0.05) is 61.5 Å². The summed E-state index contributed by atoms with van der Waals surface area (Å²) >= 11 is 0. The Morgan fingerprint density at radius 1 is 0.968 bits per heavy atom. The van der Waals surface area contributed by atoms with Gasteiger partial charge in [0.25, 0.3) is 5.91 Å². The maximum absolute atomic E-state index is 13.1. The Labute approximate surface area is 183 Å². The van der Waals surface area contributed by atoms with E-state index >= 15 is 0 Å². The Kier molecular flexibility index (Phi) is 6.32. The van der Waals surface area contributed by atoms with E-state index in [-0.39, 0.29) is 11.9 Å². The van der Waals surface area contributed by atoms with Crippen molar-refractivity contribution < 1.29 is 9.59 Å². The van der Waals surface area contributed by atoms with Gasteiger partial charge in [-0.3, -0.25) is 4.79 Å². The van der Waals surface area contributed by atoms with Gasteiger partial charge in [0.2, 0.25) is 0 Å². The number of carbonyl (C=O) groups is 2. The summed E-state index contributed by atoms with van der Waals surface area (Å²) in [6.45, 7) is 3.93. The van der Waals surface area contributed by atoms with E-state index in [0.29, 0.717) is 30.9 Å². The zero-order valence-electron chi connectivity index (χ0n) is 17.8. The Morgan fingerprint density at radius 3 is 2.55 bits per heavy atom. The molecule has 1 aliphatic rings. The van der Waals surface area contributed by atoms with E-state index in [1.165, 1.54) is 5.56 Å². The van der Waals surface area contributed by atoms with Crippen molar-refractivity contribution in [2.75, 3.05) is 23.3 Å². The molecule has 0 bridgehead atoms. The van der Waals surface area contributed by atoms with Crippen LogP contribution in [0.5, 0.6) is 0 Å². The highest BCUT2D eigenvalue weighted by atomic mass is 16.2. The molecule has 0 saturated carbocycles. The van der Waals surface area contributed by atoms with E-state index in [1.807, 2.05) is 65.6 Å². The van der Waals surface area contributed by atoms with Gasteiger partial charge < -0.3 is 15.1 Å². The average molecular weight is 414 g/mol. The number of nitrogens with one attached hydrogen (secondary N) is 1. The second-order valence-electron chi connectivity index (χ2n) is 7.75. The topological polar surface area (TPSA) is 52.7 Å². The van der Waals surface area contributed by atoms with Gasteiger partial charge in [-0.05, 0) is 48.2 Å². The molecule has 3 aromatic carbocycles. The van der Waals surface area contributed by atoms with E-state index in [1.54, 1.807) is 17.0 Å². The third-order valence-corrected chi connectivity index (χ3v) is 5.49. The molecule has 0 radical (unpaired) electrons. The van der Waals surface area contributed by atoms with E-state index in [2.05, 4.69) is 18.3 Å². The van der Waals surface area contributed by atoms with Crippen LogP contribution in [-0.2, 0) is 13.0 Å². The first kappa shape index (κ1) is 20.7. The van der Waals surface area contributed by atoms with Crippen molar-refractivity contribution in [3.05, 3.63) is 95.6 Å². The number of fused-ring (bicyclic) bond motifs is 1. The van der Waals surface area contributed by atoms with Gasteiger partial charge in [-0.15, -0.1) is 0 Å². The number of rotatable bonds is 6. The Bertz CT molecular complexity index is 1070. The second-order valence-corrected chi connectivity index (χ2v) is 7.75. The monoisotopic (exact) mass is 413 g/mol. The Hall–Kier alpha value is -3.60. The molecule has 0 saturated heterocycles. The molecule has 31 heavy (non-hydrogen) atoms. The van der Waals surface area contributed by atoms with Gasteiger partial charge >= 0.3 is 6.03 Å². The SMILES string of the molecule is CCCN(Cc1ccccc1)C(=O)Nc1cccc(C(=O)N2CCc3ccccc32)c1. The molecule has 5 heteroatoms. The molecule has 4 rings (SSSR count). The lowest BCUT2D eigenvalue weighted by atomic mass is 10.1. The van der Waals surface area contributed by atoms with Gasteiger partial charge in [-0.2, -0.15) is 0 Å². The predicted octanol–water partition coefficient (Wildman–Crippen LogP) is 5.33. The fourth-order valence-electron chi connectivity index (χ4n) is 3.96. The maximum atomic E-state index is 13.1. The van der Waals surface area contributed by atoms with Crippen LogP contribution in [0.1, 0.15) is 34.8 Å². The average Bonchev–Trinajstić information content (AvgIpc) is 3.23. The van der Waals surface area contributed by atoms with Crippen molar-refractivity contribution in [1.29, 1.82) is 0 Å². The van der Waals surface area contributed by atoms with Crippen molar-refractivity contribution >= 4 is 23.3 Å². The number of benzene rings is 3. The van der Waals surface area contributed by atoms with Gasteiger partial charge in [0.15, 0.2) is 0 Å². The highest BCUT2D eigenvalue weighted by molar-refractivity contribution is 6.08. The van der Waals surface area contributed by atoms with Gasteiger partial charge in [-0.25, -0.2) is 4.79 Å². The molecule has 1 heterocycles. The minimum absolute atomic E-state index is 0.0456. The summed E-state index contributed by atoms with van der Waals surface area (Å²) in [5.41, 5.74) is 4.44. The van der Waals surface area contributed by atoms with E-state index in [0.717, 1.165) is 24.1 Å². The van der Waals surface area contributed by atoms with Crippen LogP contribution in [0, 0.1) is 0 Å². The molecule has 0 fully saturated rings. The molecule has 3 amide bonds. The summed E-state index contributed by atoms with van der Waals surface area (Å²) in [6.07, 6.45) is 1.73. The molecule has 5 nitrogen and oxygen atoms in total. The molecule has 158 valence electrons. The minimum Gasteiger partial charge on any atom is -0.320 e. The lowest BCUT2D eigenvalue weighted by Gasteiger charge is -2.23. The van der Waals surface area contributed by atoms with Crippen LogP contribution in [-0.4, -0.2) is 29.9 Å². The third-order valence-electron chi connectivity index (χ3n) is 5.49. The predicted molar refractivity (Wildman–Crippen MR) is 124 cm³/mol. The van der Waals surface area contributed by atoms with Crippen LogP contribution in [0.25, 0.3) is 0 Å². The van der Waals surface area contributed by atoms with E-state index in [4.69, 9.17) is 0 Å². The Morgan fingerprint density at radius 2 is 1.74 bits per heavy atom. The smallest absolute Gasteiger partial charge is 0.320 e. The second kappa shape index (κ2) is 9.47. The minimum atomic E-state index is -0.165. The molecule has 0 unspecified atom stereocenters. The first-order chi connectivity index (χ1) is 15.2. The number of nitrogens with zero attached hydrogens (tertiary/aromatic N) is 2. The van der Waals surface area contributed by atoms with Gasteiger partial charge in [0.1, 0.15) is 0 Å². The molecule has 3 aromatic rings. The molecular formula is C26H27N3O2. The molecule has 0 atom stereocenters. The normalized spacial score (nSPS) is 12.4. The number of urea groups is 1. The van der Waals surface area contributed by atoms with Crippen LogP contribution in [0.2, 0.25) is 0 Å².